The predicted molar refractivity (Wildman–Crippen MR) is 127 cm³/mol. The van der Waals surface area contributed by atoms with Crippen LogP contribution < -0.4 is 20.1 Å². The first-order valence-corrected chi connectivity index (χ1v) is 12.2. The third-order valence-electron chi connectivity index (χ3n) is 7.06. The number of imide groups is 1. The zero-order valence-electron chi connectivity index (χ0n) is 19.8. The lowest BCUT2D eigenvalue weighted by atomic mass is 9.92. The second-order valence-electron chi connectivity index (χ2n) is 9.36. The molecule has 1 aliphatic carbocycles. The summed E-state index contributed by atoms with van der Waals surface area (Å²) in [5.41, 5.74) is 2.52. The molecule has 3 amide bonds. The molecule has 1 saturated carbocycles. The molecule has 184 valence electrons. The molecule has 35 heavy (non-hydrogen) atoms. The van der Waals surface area contributed by atoms with E-state index in [0.717, 1.165) is 42.6 Å². The number of nitrogens with zero attached hydrogens (tertiary/aromatic N) is 2. The largest absolute Gasteiger partial charge is 0.489 e. The van der Waals surface area contributed by atoms with E-state index in [0.29, 0.717) is 31.0 Å². The number of carbonyl (C=O) groups is 3. The van der Waals surface area contributed by atoms with Crippen LogP contribution in [0.4, 0.5) is 0 Å². The van der Waals surface area contributed by atoms with Gasteiger partial charge in [-0.25, -0.2) is 4.98 Å². The van der Waals surface area contributed by atoms with Crippen molar-refractivity contribution < 1.29 is 23.9 Å². The molecule has 2 fully saturated rings. The van der Waals surface area contributed by atoms with E-state index in [-0.39, 0.29) is 30.4 Å². The normalized spacial score (nSPS) is 24.2. The molecule has 2 aromatic rings. The summed E-state index contributed by atoms with van der Waals surface area (Å²) < 4.78 is 11.5. The molecular weight excluding hydrogens is 448 g/mol. The standard InChI is InChI=1S/C26H30N4O5/c1-34-24-11-6-16(14-28-24)13-27-20-4-2-3-5-22(20)35-18-7-8-19-17(12-18)15-30(26(19)33)21-9-10-23(31)29-25(21)32/h6-8,11-12,14,20-22,27H,2-5,9-10,13,15H2,1H3,(H,29,31,32)/t20-,21?,22-/m0/s1. The van der Waals surface area contributed by atoms with Crippen molar-refractivity contribution in [2.24, 2.45) is 0 Å². The van der Waals surface area contributed by atoms with Crippen LogP contribution in [0.25, 0.3) is 0 Å². The quantitative estimate of drug-likeness (QED) is 0.588. The van der Waals surface area contributed by atoms with Gasteiger partial charge in [-0.2, -0.15) is 0 Å². The Labute approximate surface area is 204 Å². The van der Waals surface area contributed by atoms with Crippen LogP contribution in [0.1, 0.15) is 60.0 Å². The lowest BCUT2D eigenvalue weighted by molar-refractivity contribution is -0.136. The summed E-state index contributed by atoms with van der Waals surface area (Å²) in [5, 5.41) is 5.96. The number of methoxy groups -OCH3 is 1. The Morgan fingerprint density at radius 2 is 1.97 bits per heavy atom. The minimum absolute atomic E-state index is 0.0244. The highest BCUT2D eigenvalue weighted by molar-refractivity contribution is 6.05. The van der Waals surface area contributed by atoms with Crippen LogP contribution >= 0.6 is 0 Å². The van der Waals surface area contributed by atoms with Gasteiger partial charge < -0.3 is 19.7 Å². The fourth-order valence-electron chi connectivity index (χ4n) is 5.16. The number of aromatic nitrogens is 1. The Morgan fingerprint density at radius 3 is 2.74 bits per heavy atom. The summed E-state index contributed by atoms with van der Waals surface area (Å²) in [6, 6.07) is 8.99. The Morgan fingerprint density at radius 1 is 1.11 bits per heavy atom. The second kappa shape index (κ2) is 10.0. The Bertz CT molecular complexity index is 1120. The van der Waals surface area contributed by atoms with Crippen molar-refractivity contribution >= 4 is 17.7 Å². The zero-order valence-corrected chi connectivity index (χ0v) is 19.8. The van der Waals surface area contributed by atoms with Gasteiger partial charge in [0.2, 0.25) is 17.7 Å². The van der Waals surface area contributed by atoms with Crippen LogP contribution in [-0.2, 0) is 22.7 Å². The molecule has 3 heterocycles. The fraction of sp³-hybridized carbons (Fsp3) is 0.462. The van der Waals surface area contributed by atoms with E-state index in [9.17, 15) is 14.4 Å². The van der Waals surface area contributed by atoms with Crippen LogP contribution in [0.5, 0.6) is 11.6 Å². The van der Waals surface area contributed by atoms with Gasteiger partial charge in [0.05, 0.1) is 7.11 Å². The van der Waals surface area contributed by atoms with Gasteiger partial charge in [-0.15, -0.1) is 0 Å². The Hall–Kier alpha value is -3.46. The molecule has 0 radical (unpaired) electrons. The third kappa shape index (κ3) is 5.00. The van der Waals surface area contributed by atoms with Crippen LogP contribution in [0.2, 0.25) is 0 Å². The maximum absolute atomic E-state index is 12.9. The summed E-state index contributed by atoms with van der Waals surface area (Å²) in [4.78, 5) is 42.5. The van der Waals surface area contributed by atoms with E-state index in [1.54, 1.807) is 18.1 Å². The first-order valence-electron chi connectivity index (χ1n) is 12.2. The van der Waals surface area contributed by atoms with Crippen LogP contribution in [0.3, 0.4) is 0 Å². The SMILES string of the molecule is COc1ccc(CN[C@H]2CCCC[C@@H]2Oc2ccc3c(c2)CN(C2CCC(=O)NC2=O)C3=O)cn1. The highest BCUT2D eigenvalue weighted by atomic mass is 16.5. The first-order chi connectivity index (χ1) is 17.0. The molecule has 0 bridgehead atoms. The van der Waals surface area contributed by atoms with Gasteiger partial charge in [0.1, 0.15) is 17.9 Å². The van der Waals surface area contributed by atoms with E-state index in [2.05, 4.69) is 15.6 Å². The summed E-state index contributed by atoms with van der Waals surface area (Å²) in [7, 11) is 1.60. The summed E-state index contributed by atoms with van der Waals surface area (Å²) in [5.74, 6) is 0.462. The van der Waals surface area contributed by atoms with E-state index in [1.165, 1.54) is 0 Å². The van der Waals surface area contributed by atoms with Gasteiger partial charge in [-0.3, -0.25) is 19.7 Å². The average Bonchev–Trinajstić information content (AvgIpc) is 3.19. The molecule has 1 saturated heterocycles. The lowest BCUT2D eigenvalue weighted by Gasteiger charge is -2.32. The fourth-order valence-corrected chi connectivity index (χ4v) is 5.16. The maximum Gasteiger partial charge on any atom is 0.255 e. The molecule has 1 unspecified atom stereocenters. The van der Waals surface area contributed by atoms with Crippen molar-refractivity contribution in [2.75, 3.05) is 7.11 Å². The average molecular weight is 479 g/mol. The molecule has 5 rings (SSSR count). The summed E-state index contributed by atoms with van der Waals surface area (Å²) in [6.07, 6.45) is 6.68. The van der Waals surface area contributed by atoms with Crippen LogP contribution in [0, 0.1) is 0 Å². The number of nitrogens with one attached hydrogen (secondary N) is 2. The Kier molecular flexibility index (Phi) is 6.68. The van der Waals surface area contributed by atoms with Gasteiger partial charge in [0.15, 0.2) is 0 Å². The molecule has 9 nitrogen and oxygen atoms in total. The van der Waals surface area contributed by atoms with Gasteiger partial charge in [0.25, 0.3) is 5.91 Å². The number of fused-ring (bicyclic) bond motifs is 1. The molecule has 2 N–H and O–H groups in total. The van der Waals surface area contributed by atoms with E-state index < -0.39 is 11.9 Å². The molecular formula is C26H30N4O5. The number of pyridine rings is 1. The highest BCUT2D eigenvalue weighted by Gasteiger charge is 2.39. The second-order valence-corrected chi connectivity index (χ2v) is 9.36. The van der Waals surface area contributed by atoms with E-state index in [4.69, 9.17) is 9.47 Å². The monoisotopic (exact) mass is 478 g/mol. The number of hydrogen-bond acceptors (Lipinski definition) is 7. The lowest BCUT2D eigenvalue weighted by Crippen LogP contribution is -2.52. The molecule has 1 aromatic heterocycles. The summed E-state index contributed by atoms with van der Waals surface area (Å²) >= 11 is 0. The third-order valence-corrected chi connectivity index (χ3v) is 7.06. The topological polar surface area (TPSA) is 110 Å². The first kappa shape index (κ1) is 23.3. The molecule has 3 aliphatic rings. The number of amides is 3. The minimum Gasteiger partial charge on any atom is -0.489 e. The van der Waals surface area contributed by atoms with E-state index in [1.807, 2.05) is 30.5 Å². The number of benzene rings is 1. The number of rotatable bonds is 7. The minimum atomic E-state index is -0.615. The molecule has 3 atom stereocenters. The van der Waals surface area contributed by atoms with Crippen molar-refractivity contribution in [3.05, 3.63) is 53.2 Å². The highest BCUT2D eigenvalue weighted by Crippen LogP contribution is 2.32. The van der Waals surface area contributed by atoms with E-state index >= 15 is 0 Å². The van der Waals surface area contributed by atoms with Crippen molar-refractivity contribution in [3.8, 4) is 11.6 Å². The van der Waals surface area contributed by atoms with Crippen molar-refractivity contribution in [3.63, 3.8) is 0 Å². The number of carbonyl (C=O) groups excluding carboxylic acids is 3. The smallest absolute Gasteiger partial charge is 0.255 e. The Balaban J connectivity index is 1.23. The molecule has 2 aliphatic heterocycles. The number of piperidine rings is 1. The predicted octanol–water partition coefficient (Wildman–Crippen LogP) is 2.33. The van der Waals surface area contributed by atoms with Crippen LogP contribution in [0.15, 0.2) is 36.5 Å². The molecule has 1 aromatic carbocycles. The zero-order chi connectivity index (χ0) is 24.4. The maximum atomic E-state index is 12.9. The van der Waals surface area contributed by atoms with Crippen LogP contribution in [-0.4, -0.2) is 52.9 Å². The molecule has 0 spiro atoms. The number of ether oxygens (including phenoxy) is 2. The van der Waals surface area contributed by atoms with Gasteiger partial charge in [0, 0.05) is 43.4 Å². The van der Waals surface area contributed by atoms with Gasteiger partial charge in [-0.05, 0) is 55.0 Å². The van der Waals surface area contributed by atoms with Gasteiger partial charge >= 0.3 is 0 Å². The van der Waals surface area contributed by atoms with Crippen molar-refractivity contribution in [1.82, 2.24) is 20.5 Å². The number of hydrogen-bond donors (Lipinski definition) is 2. The van der Waals surface area contributed by atoms with Crippen molar-refractivity contribution in [1.29, 1.82) is 0 Å². The summed E-state index contributed by atoms with van der Waals surface area (Å²) in [6.45, 7) is 1.04. The molecule has 9 heteroatoms. The van der Waals surface area contributed by atoms with Crippen molar-refractivity contribution in [2.45, 2.75) is 69.8 Å². The van der Waals surface area contributed by atoms with Gasteiger partial charge in [-0.1, -0.05) is 12.5 Å².